The van der Waals surface area contributed by atoms with Crippen molar-refractivity contribution in [3.63, 3.8) is 0 Å². The third-order valence-corrected chi connectivity index (χ3v) is 3.31. The van der Waals surface area contributed by atoms with Gasteiger partial charge in [0.05, 0.1) is 25.7 Å². The van der Waals surface area contributed by atoms with Crippen LogP contribution in [-0.2, 0) is 9.53 Å². The zero-order valence-corrected chi connectivity index (χ0v) is 11.0. The molecule has 5 nitrogen and oxygen atoms in total. The largest absolute Gasteiger partial charge is 0.493 e. The van der Waals surface area contributed by atoms with E-state index in [0.29, 0.717) is 31.1 Å². The van der Waals surface area contributed by atoms with Crippen molar-refractivity contribution in [2.24, 2.45) is 11.1 Å². The van der Waals surface area contributed by atoms with Crippen molar-refractivity contribution in [3.8, 4) is 5.75 Å². The second kappa shape index (κ2) is 5.59. The molecule has 0 saturated carbocycles. The van der Waals surface area contributed by atoms with Crippen molar-refractivity contribution in [2.75, 3.05) is 26.4 Å². The molecule has 2 rings (SSSR count). The molecule has 1 fully saturated rings. The van der Waals surface area contributed by atoms with Crippen LogP contribution in [0, 0.1) is 5.41 Å². The highest BCUT2D eigenvalue weighted by Gasteiger charge is 2.34. The van der Waals surface area contributed by atoms with Crippen LogP contribution in [0.5, 0.6) is 5.75 Å². The fourth-order valence-electron chi connectivity index (χ4n) is 2.05. The van der Waals surface area contributed by atoms with Gasteiger partial charge in [-0.2, -0.15) is 0 Å². The zero-order valence-electron chi connectivity index (χ0n) is 11.0. The van der Waals surface area contributed by atoms with E-state index in [0.717, 1.165) is 0 Å². The molecule has 1 heterocycles. The lowest BCUT2D eigenvalue weighted by Crippen LogP contribution is -2.44. The van der Waals surface area contributed by atoms with Crippen molar-refractivity contribution < 1.29 is 19.4 Å². The van der Waals surface area contributed by atoms with Gasteiger partial charge in [-0.1, -0.05) is 25.1 Å². The van der Waals surface area contributed by atoms with Crippen LogP contribution in [0.4, 0.5) is 0 Å². The molecule has 0 spiro atoms. The van der Waals surface area contributed by atoms with E-state index in [-0.39, 0.29) is 12.0 Å². The van der Waals surface area contributed by atoms with Crippen LogP contribution in [0.3, 0.4) is 0 Å². The van der Waals surface area contributed by atoms with Gasteiger partial charge in [-0.3, -0.25) is 4.79 Å². The Bertz CT molecular complexity index is 457. The minimum atomic E-state index is -0.934. The van der Waals surface area contributed by atoms with E-state index in [9.17, 15) is 9.90 Å². The number of rotatable bonds is 6. The second-order valence-electron chi connectivity index (χ2n) is 5.26. The average Bonchev–Trinajstić information content (AvgIpc) is 2.36. The molecule has 19 heavy (non-hydrogen) atoms. The Hall–Kier alpha value is -1.59. The van der Waals surface area contributed by atoms with Crippen molar-refractivity contribution in [3.05, 3.63) is 29.8 Å². The van der Waals surface area contributed by atoms with Gasteiger partial charge in [0, 0.05) is 17.5 Å². The maximum atomic E-state index is 11.2. The molecule has 1 unspecified atom stereocenters. The molecule has 0 aliphatic carbocycles. The highest BCUT2D eigenvalue weighted by Crippen LogP contribution is 2.31. The molecule has 1 atom stereocenters. The van der Waals surface area contributed by atoms with Crippen LogP contribution in [0.25, 0.3) is 0 Å². The maximum absolute atomic E-state index is 11.2. The van der Waals surface area contributed by atoms with Crippen LogP contribution < -0.4 is 10.5 Å². The van der Waals surface area contributed by atoms with Crippen LogP contribution >= 0.6 is 0 Å². The summed E-state index contributed by atoms with van der Waals surface area (Å²) in [5, 5.41) is 9.18. The van der Waals surface area contributed by atoms with Gasteiger partial charge in [-0.15, -0.1) is 0 Å². The number of ether oxygens (including phenoxy) is 2. The molecule has 3 N–H and O–H groups in total. The van der Waals surface area contributed by atoms with Gasteiger partial charge in [0.15, 0.2) is 0 Å². The highest BCUT2D eigenvalue weighted by molar-refractivity contribution is 5.77. The summed E-state index contributed by atoms with van der Waals surface area (Å²) in [6.45, 7) is 4.00. The van der Waals surface area contributed by atoms with Crippen LogP contribution in [0.15, 0.2) is 24.3 Å². The van der Waals surface area contributed by atoms with Gasteiger partial charge in [0.25, 0.3) is 0 Å². The normalized spacial score (nSPS) is 18.4. The Kier molecular flexibility index (Phi) is 4.07. The van der Waals surface area contributed by atoms with E-state index in [2.05, 4.69) is 6.92 Å². The Morgan fingerprint density at radius 3 is 2.74 bits per heavy atom. The Labute approximate surface area is 112 Å². The Morgan fingerprint density at radius 1 is 1.53 bits per heavy atom. The minimum absolute atomic E-state index is 0.0224. The van der Waals surface area contributed by atoms with E-state index >= 15 is 0 Å². The monoisotopic (exact) mass is 265 g/mol. The van der Waals surface area contributed by atoms with Crippen LogP contribution in [-0.4, -0.2) is 37.4 Å². The third kappa shape index (κ3) is 3.05. The lowest BCUT2D eigenvalue weighted by atomic mass is 9.90. The molecule has 1 aromatic carbocycles. The number of carbonyl (C=O) groups is 1. The summed E-state index contributed by atoms with van der Waals surface area (Å²) in [4.78, 5) is 11.2. The second-order valence-corrected chi connectivity index (χ2v) is 5.26. The number of benzene rings is 1. The SMILES string of the molecule is CC1(COc2ccccc2C(CN)C(=O)O)COC1. The first-order valence-corrected chi connectivity index (χ1v) is 6.28. The Balaban J connectivity index is 2.13. The number of carboxylic acid groups (broad SMARTS) is 1. The summed E-state index contributed by atoms with van der Waals surface area (Å²) in [6, 6.07) is 7.15. The molecule has 1 aromatic rings. The molecule has 1 aliphatic heterocycles. The molecule has 5 heteroatoms. The first kappa shape index (κ1) is 13.8. The number of para-hydroxylation sites is 1. The minimum Gasteiger partial charge on any atom is -0.493 e. The summed E-state index contributed by atoms with van der Waals surface area (Å²) >= 11 is 0. The fourth-order valence-corrected chi connectivity index (χ4v) is 2.05. The van der Waals surface area contributed by atoms with Gasteiger partial charge < -0.3 is 20.3 Å². The predicted octanol–water partition coefficient (Wildman–Crippen LogP) is 1.23. The van der Waals surface area contributed by atoms with Crippen LogP contribution in [0.2, 0.25) is 0 Å². The molecule has 0 aromatic heterocycles. The van der Waals surface area contributed by atoms with E-state index in [4.69, 9.17) is 15.2 Å². The highest BCUT2D eigenvalue weighted by atomic mass is 16.5. The summed E-state index contributed by atoms with van der Waals surface area (Å²) in [6.07, 6.45) is 0. The van der Waals surface area contributed by atoms with Gasteiger partial charge in [-0.05, 0) is 6.07 Å². The van der Waals surface area contributed by atoms with Gasteiger partial charge in [0.2, 0.25) is 0 Å². The first-order chi connectivity index (χ1) is 9.06. The van der Waals surface area contributed by atoms with Crippen molar-refractivity contribution >= 4 is 5.97 Å². The van der Waals surface area contributed by atoms with E-state index in [1.54, 1.807) is 18.2 Å². The maximum Gasteiger partial charge on any atom is 0.312 e. The van der Waals surface area contributed by atoms with Crippen LogP contribution in [0.1, 0.15) is 18.4 Å². The van der Waals surface area contributed by atoms with E-state index in [1.807, 2.05) is 6.07 Å². The van der Waals surface area contributed by atoms with Crippen molar-refractivity contribution in [1.29, 1.82) is 0 Å². The number of hydrogen-bond acceptors (Lipinski definition) is 4. The van der Waals surface area contributed by atoms with Crippen molar-refractivity contribution in [1.82, 2.24) is 0 Å². The standard InChI is InChI=1S/C14H19NO4/c1-14(7-18-8-14)9-19-12-5-3-2-4-10(12)11(6-15)13(16)17/h2-5,11H,6-9,15H2,1H3,(H,16,17). The zero-order chi connectivity index (χ0) is 13.9. The van der Waals surface area contributed by atoms with Crippen molar-refractivity contribution in [2.45, 2.75) is 12.8 Å². The average molecular weight is 265 g/mol. The smallest absolute Gasteiger partial charge is 0.312 e. The molecule has 1 aliphatic rings. The summed E-state index contributed by atoms with van der Waals surface area (Å²) in [5.41, 5.74) is 6.19. The molecule has 1 saturated heterocycles. The van der Waals surface area contributed by atoms with E-state index < -0.39 is 11.9 Å². The number of carboxylic acids is 1. The molecular formula is C14H19NO4. The van der Waals surface area contributed by atoms with E-state index in [1.165, 1.54) is 0 Å². The lowest BCUT2D eigenvalue weighted by Gasteiger charge is -2.37. The van der Waals surface area contributed by atoms with Gasteiger partial charge >= 0.3 is 5.97 Å². The first-order valence-electron chi connectivity index (χ1n) is 6.28. The molecule has 0 bridgehead atoms. The van der Waals surface area contributed by atoms with Gasteiger partial charge in [-0.25, -0.2) is 0 Å². The topological polar surface area (TPSA) is 81.8 Å². The summed E-state index contributed by atoms with van der Waals surface area (Å²) < 4.78 is 10.9. The fraction of sp³-hybridized carbons (Fsp3) is 0.500. The molecule has 104 valence electrons. The Morgan fingerprint density at radius 2 is 2.21 bits per heavy atom. The lowest BCUT2D eigenvalue weighted by molar-refractivity contribution is -0.138. The molecule has 0 radical (unpaired) electrons. The summed E-state index contributed by atoms with van der Waals surface area (Å²) in [5.74, 6) is -1.08. The predicted molar refractivity (Wildman–Crippen MR) is 70.3 cm³/mol. The van der Waals surface area contributed by atoms with Gasteiger partial charge in [0.1, 0.15) is 5.75 Å². The summed E-state index contributed by atoms with van der Waals surface area (Å²) in [7, 11) is 0. The number of hydrogen-bond donors (Lipinski definition) is 2. The molecular weight excluding hydrogens is 246 g/mol. The molecule has 0 amide bonds. The number of nitrogens with two attached hydrogens (primary N) is 1. The number of aliphatic carboxylic acids is 1. The third-order valence-electron chi connectivity index (χ3n) is 3.31. The quantitative estimate of drug-likeness (QED) is 0.808.